The Balaban J connectivity index is 1.78. The number of aliphatic hydroxyl groups is 2. The van der Waals surface area contributed by atoms with Gasteiger partial charge in [-0.15, -0.1) is 0 Å². The average Bonchev–Trinajstić information content (AvgIpc) is 3.34. The van der Waals surface area contributed by atoms with Crippen LogP contribution in [0.2, 0.25) is 0 Å². The van der Waals surface area contributed by atoms with Crippen LogP contribution in [-0.2, 0) is 0 Å². The van der Waals surface area contributed by atoms with Crippen LogP contribution < -0.4 is 0 Å². The molecule has 0 aliphatic heterocycles. The fourth-order valence-electron chi connectivity index (χ4n) is 2.42. The molecule has 0 saturated carbocycles. The van der Waals surface area contributed by atoms with E-state index in [-0.39, 0.29) is 40.9 Å². The molecule has 4 rings (SSSR count). The first-order chi connectivity index (χ1) is 11.6. The van der Waals surface area contributed by atoms with E-state index in [0.717, 1.165) is 35.3 Å². The Labute approximate surface area is 183 Å². The van der Waals surface area contributed by atoms with Crippen LogP contribution in [0.25, 0.3) is 9.40 Å². The van der Waals surface area contributed by atoms with Gasteiger partial charge in [-0.05, 0) is 0 Å². The molecule has 0 aromatic carbocycles. The summed E-state index contributed by atoms with van der Waals surface area (Å²) in [6.07, 6.45) is -1.04. The van der Waals surface area contributed by atoms with Gasteiger partial charge in [0.1, 0.15) is 0 Å². The summed E-state index contributed by atoms with van der Waals surface area (Å²) in [7, 11) is 0. The maximum absolute atomic E-state index is 10.7. The topological polar surface area (TPSA) is 40.5 Å². The Hall–Kier alpha value is 1.08. The van der Waals surface area contributed by atoms with Crippen molar-refractivity contribution in [3.63, 3.8) is 0 Å². The molecule has 0 fully saturated rings. The molecule has 0 radical (unpaired) electrons. The van der Waals surface area contributed by atoms with Gasteiger partial charge in [0.15, 0.2) is 0 Å². The van der Waals surface area contributed by atoms with Crippen molar-refractivity contribution in [2.24, 2.45) is 0 Å². The zero-order valence-corrected chi connectivity index (χ0v) is 21.4. The number of thiophene rings is 2. The summed E-state index contributed by atoms with van der Waals surface area (Å²) >= 11 is 9.85. The molecule has 4 aromatic rings. The van der Waals surface area contributed by atoms with Crippen molar-refractivity contribution >= 4 is 105 Å². The predicted octanol–water partition coefficient (Wildman–Crippen LogP) is 4.77. The molecule has 2 N–H and O–H groups in total. The Kier molecular flexibility index (Phi) is 5.84. The van der Waals surface area contributed by atoms with Gasteiger partial charge in [-0.1, -0.05) is 0 Å². The quantitative estimate of drug-likeness (QED) is 0.300. The van der Waals surface area contributed by atoms with Gasteiger partial charge in [0.25, 0.3) is 0 Å². The third-order valence-corrected chi connectivity index (χ3v) is 14.2. The minimum atomic E-state index is -0.518. The number of aliphatic hydroxyl groups excluding tert-OH is 2. The molecule has 124 valence electrons. The molecule has 0 aliphatic carbocycles. The first-order valence-electron chi connectivity index (χ1n) is 6.91. The number of fused-ring (bicyclic) bond motifs is 1. The molecule has 0 amide bonds. The average molecular weight is 713 g/mol. The third-order valence-electron chi connectivity index (χ3n) is 3.58. The van der Waals surface area contributed by atoms with Gasteiger partial charge in [-0.3, -0.25) is 0 Å². The van der Waals surface area contributed by atoms with Crippen molar-refractivity contribution in [2.75, 3.05) is 0 Å². The van der Waals surface area contributed by atoms with Crippen LogP contribution in [-0.4, -0.2) is 51.1 Å². The minimum absolute atomic E-state index is 0.372. The molecular formula is C16H10Br2O2S2Te2. The normalized spacial score (nSPS) is 14.3. The second-order valence-electron chi connectivity index (χ2n) is 5.05. The van der Waals surface area contributed by atoms with Gasteiger partial charge in [-0.25, -0.2) is 0 Å². The molecule has 2 nitrogen and oxygen atoms in total. The SMILES string of the molecule is OC(c1ccc[te]1)c1sc2c(Br)c(C(O)c3ccc[te]3)sc2c1Br. The predicted molar refractivity (Wildman–Crippen MR) is 110 cm³/mol. The fraction of sp³-hybridized carbons (Fsp3) is 0.125. The number of hydrogen-bond donors (Lipinski definition) is 2. The van der Waals surface area contributed by atoms with Crippen molar-refractivity contribution in [3.05, 3.63) is 58.3 Å². The van der Waals surface area contributed by atoms with Gasteiger partial charge < -0.3 is 0 Å². The van der Waals surface area contributed by atoms with E-state index >= 15 is 0 Å². The van der Waals surface area contributed by atoms with E-state index < -0.39 is 12.2 Å². The van der Waals surface area contributed by atoms with Crippen molar-refractivity contribution in [1.82, 2.24) is 0 Å². The van der Waals surface area contributed by atoms with E-state index in [2.05, 4.69) is 40.0 Å². The maximum atomic E-state index is 10.7. The van der Waals surface area contributed by atoms with E-state index in [1.165, 1.54) is 0 Å². The van der Waals surface area contributed by atoms with Gasteiger partial charge >= 0.3 is 186 Å². The molecule has 2 atom stereocenters. The Bertz CT molecular complexity index is 894. The molecule has 8 heteroatoms. The molecule has 0 aliphatic rings. The van der Waals surface area contributed by atoms with Crippen LogP contribution in [0.4, 0.5) is 0 Å². The summed E-state index contributed by atoms with van der Waals surface area (Å²) in [5, 5.41) is 21.4. The van der Waals surface area contributed by atoms with Crippen molar-refractivity contribution in [2.45, 2.75) is 12.2 Å². The van der Waals surface area contributed by atoms with Crippen LogP contribution in [0.1, 0.15) is 29.1 Å². The Morgan fingerprint density at radius 1 is 0.792 bits per heavy atom. The van der Waals surface area contributed by atoms with Crippen LogP contribution >= 0.6 is 54.5 Å². The molecular weight excluding hydrogens is 703 g/mol. The van der Waals surface area contributed by atoms with E-state index in [1.807, 2.05) is 24.3 Å². The van der Waals surface area contributed by atoms with Gasteiger partial charge in [0.2, 0.25) is 0 Å². The molecule has 24 heavy (non-hydrogen) atoms. The van der Waals surface area contributed by atoms with E-state index in [1.54, 1.807) is 22.7 Å². The Morgan fingerprint density at radius 3 is 1.54 bits per heavy atom. The standard InChI is InChI=1S/C16H10Br2O2S2Te2/c17-9-13(11(19)7-3-1-5-23-7)21-16-10(18)14(22-15(9)16)12(20)8-4-2-6-24-8/h1-6,11-12,19-20H. The third kappa shape index (κ3) is 3.22. The molecule has 0 bridgehead atoms. The fourth-order valence-corrected chi connectivity index (χ4v) is 11.5. The molecule has 2 unspecified atom stereocenters. The number of rotatable bonds is 4. The molecule has 0 spiro atoms. The first kappa shape index (κ1) is 18.4. The summed E-state index contributed by atoms with van der Waals surface area (Å²) in [4.78, 5) is 1.93. The first-order valence-corrected chi connectivity index (χ1v) is 15.1. The monoisotopic (exact) mass is 716 g/mol. The van der Waals surface area contributed by atoms with Crippen LogP contribution in [0.3, 0.4) is 0 Å². The zero-order chi connectivity index (χ0) is 16.8. The van der Waals surface area contributed by atoms with Gasteiger partial charge in [0.05, 0.1) is 0 Å². The second kappa shape index (κ2) is 7.60. The second-order valence-corrected chi connectivity index (χ2v) is 14.3. The summed E-state index contributed by atoms with van der Waals surface area (Å²) < 4.78 is 10.8. The van der Waals surface area contributed by atoms with Crippen molar-refractivity contribution in [1.29, 1.82) is 0 Å². The van der Waals surface area contributed by atoms with Crippen LogP contribution in [0.15, 0.2) is 41.4 Å². The van der Waals surface area contributed by atoms with Crippen molar-refractivity contribution in [3.8, 4) is 0 Å². The van der Waals surface area contributed by atoms with Gasteiger partial charge in [-0.2, -0.15) is 0 Å². The van der Waals surface area contributed by atoms with Crippen molar-refractivity contribution < 1.29 is 10.2 Å². The summed E-state index contributed by atoms with van der Waals surface area (Å²) in [5.41, 5.74) is 0. The molecule has 4 heterocycles. The van der Waals surface area contributed by atoms with E-state index in [0.29, 0.717) is 0 Å². The van der Waals surface area contributed by atoms with Crippen LogP contribution in [0, 0.1) is 0 Å². The number of hydrogen-bond acceptors (Lipinski definition) is 4. The Morgan fingerprint density at radius 2 is 1.21 bits per heavy atom. The molecule has 0 saturated heterocycles. The summed E-state index contributed by atoms with van der Waals surface area (Å²) in [5.74, 6) is 0. The number of halogens is 2. The zero-order valence-electron chi connectivity index (χ0n) is 11.9. The van der Waals surface area contributed by atoms with Crippen LogP contribution in [0.5, 0.6) is 0 Å². The van der Waals surface area contributed by atoms with E-state index in [9.17, 15) is 10.2 Å². The molecule has 4 aromatic heterocycles. The summed E-state index contributed by atoms with van der Waals surface area (Å²) in [6, 6.07) is 8.17. The van der Waals surface area contributed by atoms with E-state index in [4.69, 9.17) is 0 Å². The summed E-state index contributed by atoms with van der Waals surface area (Å²) in [6.45, 7) is 0. The van der Waals surface area contributed by atoms with Gasteiger partial charge in [0, 0.05) is 0 Å².